The number of halogens is 1. The van der Waals surface area contributed by atoms with Gasteiger partial charge in [-0.05, 0) is 30.7 Å². The second-order valence-electron chi connectivity index (χ2n) is 4.66. The standard InChI is InChI=1S/C15H13ClN4O/c1-10-18-19-14-8-11(6-7-20(10)14)15(21)17-9-12-4-2-3-5-13(12)16/h2-8H,9H2,1H3,(H,17,21). The number of aromatic nitrogens is 3. The molecule has 0 radical (unpaired) electrons. The summed E-state index contributed by atoms with van der Waals surface area (Å²) in [5, 5.41) is 11.5. The minimum absolute atomic E-state index is 0.168. The first-order chi connectivity index (χ1) is 10.1. The third kappa shape index (κ3) is 2.73. The first-order valence-electron chi connectivity index (χ1n) is 6.48. The normalized spacial score (nSPS) is 10.8. The Bertz CT molecular complexity index is 812. The molecule has 0 bridgehead atoms. The number of nitrogens with zero attached hydrogens (tertiary/aromatic N) is 3. The number of pyridine rings is 1. The van der Waals surface area contributed by atoms with Crippen molar-refractivity contribution in [2.24, 2.45) is 0 Å². The number of nitrogens with one attached hydrogen (secondary N) is 1. The van der Waals surface area contributed by atoms with E-state index in [1.54, 1.807) is 24.4 Å². The molecule has 2 aromatic heterocycles. The van der Waals surface area contributed by atoms with Gasteiger partial charge in [0.1, 0.15) is 5.82 Å². The van der Waals surface area contributed by atoms with Crippen LogP contribution < -0.4 is 5.32 Å². The van der Waals surface area contributed by atoms with Crippen molar-refractivity contribution in [2.45, 2.75) is 13.5 Å². The zero-order valence-corrected chi connectivity index (χ0v) is 12.1. The summed E-state index contributed by atoms with van der Waals surface area (Å²) in [7, 11) is 0. The Labute approximate surface area is 126 Å². The second-order valence-corrected chi connectivity index (χ2v) is 5.07. The maximum Gasteiger partial charge on any atom is 0.251 e. The minimum Gasteiger partial charge on any atom is -0.348 e. The van der Waals surface area contributed by atoms with Crippen LogP contribution in [0, 0.1) is 6.92 Å². The quantitative estimate of drug-likeness (QED) is 0.809. The van der Waals surface area contributed by atoms with E-state index in [1.807, 2.05) is 29.5 Å². The van der Waals surface area contributed by atoms with E-state index in [0.29, 0.717) is 22.8 Å². The number of carbonyl (C=O) groups excluding carboxylic acids is 1. The summed E-state index contributed by atoms with van der Waals surface area (Å²) in [6, 6.07) is 10.9. The van der Waals surface area contributed by atoms with Crippen LogP contribution in [0.2, 0.25) is 5.02 Å². The van der Waals surface area contributed by atoms with Crippen molar-refractivity contribution >= 4 is 23.2 Å². The first-order valence-corrected chi connectivity index (χ1v) is 6.86. The van der Waals surface area contributed by atoms with Gasteiger partial charge in [-0.2, -0.15) is 0 Å². The van der Waals surface area contributed by atoms with Gasteiger partial charge in [0.2, 0.25) is 0 Å². The molecule has 0 saturated carbocycles. The summed E-state index contributed by atoms with van der Waals surface area (Å²) in [5.74, 6) is 0.617. The number of rotatable bonds is 3. The van der Waals surface area contributed by atoms with Gasteiger partial charge in [-0.25, -0.2) is 0 Å². The van der Waals surface area contributed by atoms with Crippen LogP contribution in [0.25, 0.3) is 5.65 Å². The molecule has 6 heteroatoms. The molecule has 0 unspecified atom stereocenters. The number of hydrogen-bond donors (Lipinski definition) is 1. The van der Waals surface area contributed by atoms with Gasteiger partial charge < -0.3 is 5.32 Å². The molecular formula is C15H13ClN4O. The van der Waals surface area contributed by atoms with E-state index in [-0.39, 0.29) is 5.91 Å². The average Bonchev–Trinajstić information content (AvgIpc) is 2.87. The molecule has 0 atom stereocenters. The second kappa shape index (κ2) is 5.54. The summed E-state index contributed by atoms with van der Waals surface area (Å²) in [6.07, 6.45) is 1.79. The van der Waals surface area contributed by atoms with Crippen LogP contribution in [-0.4, -0.2) is 20.5 Å². The van der Waals surface area contributed by atoms with E-state index in [2.05, 4.69) is 15.5 Å². The Balaban J connectivity index is 1.76. The summed E-state index contributed by atoms with van der Waals surface area (Å²) < 4.78 is 1.82. The lowest BCUT2D eigenvalue weighted by Crippen LogP contribution is -2.23. The highest BCUT2D eigenvalue weighted by Crippen LogP contribution is 2.14. The Hall–Kier alpha value is -2.40. The molecule has 0 aliphatic carbocycles. The van der Waals surface area contributed by atoms with Crippen LogP contribution in [0.5, 0.6) is 0 Å². The lowest BCUT2D eigenvalue weighted by molar-refractivity contribution is 0.0951. The number of amides is 1. The Morgan fingerprint density at radius 2 is 2.10 bits per heavy atom. The van der Waals surface area contributed by atoms with E-state index < -0.39 is 0 Å². The zero-order chi connectivity index (χ0) is 14.8. The number of aryl methyl sites for hydroxylation is 1. The third-order valence-corrected chi connectivity index (χ3v) is 3.61. The fourth-order valence-corrected chi connectivity index (χ4v) is 2.27. The number of benzene rings is 1. The van der Waals surface area contributed by atoms with Gasteiger partial charge in [-0.15, -0.1) is 10.2 Å². The zero-order valence-electron chi connectivity index (χ0n) is 11.4. The average molecular weight is 301 g/mol. The van der Waals surface area contributed by atoms with Crippen molar-refractivity contribution in [3.8, 4) is 0 Å². The van der Waals surface area contributed by atoms with Crippen LogP contribution in [0.1, 0.15) is 21.7 Å². The van der Waals surface area contributed by atoms with Gasteiger partial charge >= 0.3 is 0 Å². The predicted octanol–water partition coefficient (Wildman–Crippen LogP) is 2.62. The van der Waals surface area contributed by atoms with Crippen LogP contribution in [0.4, 0.5) is 0 Å². The molecule has 0 aliphatic heterocycles. The monoisotopic (exact) mass is 300 g/mol. The van der Waals surface area contributed by atoms with Crippen molar-refractivity contribution < 1.29 is 4.79 Å². The minimum atomic E-state index is -0.168. The maximum absolute atomic E-state index is 12.2. The van der Waals surface area contributed by atoms with Gasteiger partial charge in [-0.1, -0.05) is 29.8 Å². The largest absolute Gasteiger partial charge is 0.348 e. The summed E-state index contributed by atoms with van der Waals surface area (Å²) >= 11 is 6.06. The van der Waals surface area contributed by atoms with Gasteiger partial charge in [0, 0.05) is 23.3 Å². The lowest BCUT2D eigenvalue weighted by atomic mass is 10.2. The predicted molar refractivity (Wildman–Crippen MR) is 80.3 cm³/mol. The SMILES string of the molecule is Cc1nnc2cc(C(=O)NCc3ccccc3Cl)ccn12. The molecule has 2 heterocycles. The topological polar surface area (TPSA) is 59.3 Å². The molecular weight excluding hydrogens is 288 g/mol. The molecule has 0 fully saturated rings. The highest BCUT2D eigenvalue weighted by atomic mass is 35.5. The van der Waals surface area contributed by atoms with Gasteiger partial charge in [-0.3, -0.25) is 9.20 Å². The van der Waals surface area contributed by atoms with Gasteiger partial charge in [0.25, 0.3) is 5.91 Å². The summed E-state index contributed by atoms with van der Waals surface area (Å²) in [6.45, 7) is 2.24. The molecule has 1 amide bonds. The molecule has 3 aromatic rings. The molecule has 5 nitrogen and oxygen atoms in total. The summed E-state index contributed by atoms with van der Waals surface area (Å²) in [5.41, 5.74) is 2.08. The van der Waals surface area contributed by atoms with Crippen LogP contribution in [-0.2, 0) is 6.54 Å². The van der Waals surface area contributed by atoms with Crippen LogP contribution in [0.15, 0.2) is 42.6 Å². The first kappa shape index (κ1) is 13.6. The number of fused-ring (bicyclic) bond motifs is 1. The van der Waals surface area contributed by atoms with E-state index in [9.17, 15) is 4.79 Å². The molecule has 106 valence electrons. The molecule has 1 N–H and O–H groups in total. The number of hydrogen-bond acceptors (Lipinski definition) is 3. The van der Waals surface area contributed by atoms with E-state index in [1.165, 1.54) is 0 Å². The Morgan fingerprint density at radius 1 is 1.29 bits per heavy atom. The smallest absolute Gasteiger partial charge is 0.251 e. The Kier molecular flexibility index (Phi) is 3.58. The van der Waals surface area contributed by atoms with Crippen molar-refractivity contribution in [1.29, 1.82) is 0 Å². The fourth-order valence-electron chi connectivity index (χ4n) is 2.07. The Morgan fingerprint density at radius 3 is 2.90 bits per heavy atom. The molecule has 21 heavy (non-hydrogen) atoms. The highest BCUT2D eigenvalue weighted by Gasteiger charge is 2.09. The van der Waals surface area contributed by atoms with Crippen molar-refractivity contribution in [2.75, 3.05) is 0 Å². The van der Waals surface area contributed by atoms with Crippen LogP contribution >= 0.6 is 11.6 Å². The van der Waals surface area contributed by atoms with E-state index >= 15 is 0 Å². The van der Waals surface area contributed by atoms with Crippen molar-refractivity contribution in [1.82, 2.24) is 19.9 Å². The molecule has 1 aromatic carbocycles. The molecule has 0 saturated heterocycles. The van der Waals surface area contributed by atoms with E-state index in [4.69, 9.17) is 11.6 Å². The van der Waals surface area contributed by atoms with E-state index in [0.717, 1.165) is 11.4 Å². The van der Waals surface area contributed by atoms with Crippen LogP contribution in [0.3, 0.4) is 0 Å². The molecule has 0 spiro atoms. The molecule has 0 aliphatic rings. The molecule has 3 rings (SSSR count). The summed E-state index contributed by atoms with van der Waals surface area (Å²) in [4.78, 5) is 12.2. The number of carbonyl (C=O) groups is 1. The van der Waals surface area contributed by atoms with Gasteiger partial charge in [0.15, 0.2) is 5.65 Å². The van der Waals surface area contributed by atoms with Gasteiger partial charge in [0.05, 0.1) is 0 Å². The fraction of sp³-hybridized carbons (Fsp3) is 0.133. The highest BCUT2D eigenvalue weighted by molar-refractivity contribution is 6.31. The van der Waals surface area contributed by atoms with Crippen molar-refractivity contribution in [3.05, 3.63) is 64.6 Å². The maximum atomic E-state index is 12.2. The lowest BCUT2D eigenvalue weighted by Gasteiger charge is -2.07. The third-order valence-electron chi connectivity index (χ3n) is 3.24. The van der Waals surface area contributed by atoms with Crippen molar-refractivity contribution in [3.63, 3.8) is 0 Å².